The van der Waals surface area contributed by atoms with Crippen LogP contribution in [0.3, 0.4) is 0 Å². The van der Waals surface area contributed by atoms with Crippen LogP contribution in [0, 0.1) is 0 Å². The molecule has 12 heavy (non-hydrogen) atoms. The molecule has 1 saturated heterocycles. The third-order valence-electron chi connectivity index (χ3n) is 3.03. The largest absolute Gasteiger partial charge is 0.389 e. The van der Waals surface area contributed by atoms with E-state index in [4.69, 9.17) is 0 Å². The van der Waals surface area contributed by atoms with Crippen LogP contribution < -0.4 is 5.32 Å². The van der Waals surface area contributed by atoms with Gasteiger partial charge in [-0.05, 0) is 32.9 Å². The number of likely N-dealkylation sites (N-methyl/N-ethyl adjacent to an activating group) is 1. The second kappa shape index (κ2) is 2.98. The maximum absolute atomic E-state index is 9.70. The van der Waals surface area contributed by atoms with Crippen LogP contribution >= 0.6 is 0 Å². The minimum Gasteiger partial charge on any atom is -0.389 e. The van der Waals surface area contributed by atoms with E-state index in [1.54, 1.807) is 0 Å². The van der Waals surface area contributed by atoms with Gasteiger partial charge in [0, 0.05) is 19.1 Å². The number of rotatable bonds is 3. The zero-order chi connectivity index (χ0) is 8.60. The number of aliphatic hydroxyl groups is 1. The van der Waals surface area contributed by atoms with Gasteiger partial charge in [-0.2, -0.15) is 0 Å². The van der Waals surface area contributed by atoms with Crippen LogP contribution in [0.4, 0.5) is 0 Å². The van der Waals surface area contributed by atoms with Crippen LogP contribution in [0.2, 0.25) is 0 Å². The quantitative estimate of drug-likeness (QED) is 0.616. The van der Waals surface area contributed by atoms with Gasteiger partial charge in [0.1, 0.15) is 0 Å². The molecule has 0 spiro atoms. The first kappa shape index (κ1) is 8.48. The van der Waals surface area contributed by atoms with E-state index in [0.717, 1.165) is 32.5 Å². The number of hydrogen-bond donors (Lipinski definition) is 2. The Labute approximate surface area is 73.8 Å². The van der Waals surface area contributed by atoms with Gasteiger partial charge in [0.05, 0.1) is 5.60 Å². The molecule has 2 aliphatic rings. The molecule has 2 N–H and O–H groups in total. The number of nitrogens with zero attached hydrogens (tertiary/aromatic N) is 1. The first-order valence-corrected chi connectivity index (χ1v) is 4.83. The normalized spacial score (nSPS) is 32.8. The van der Waals surface area contributed by atoms with Crippen molar-refractivity contribution in [1.82, 2.24) is 10.2 Å². The van der Waals surface area contributed by atoms with Crippen molar-refractivity contribution in [3.05, 3.63) is 0 Å². The summed E-state index contributed by atoms with van der Waals surface area (Å²) >= 11 is 0. The minimum atomic E-state index is -0.322. The summed E-state index contributed by atoms with van der Waals surface area (Å²) in [6, 6.07) is 0.648. The lowest BCUT2D eigenvalue weighted by Crippen LogP contribution is -2.39. The van der Waals surface area contributed by atoms with Crippen LogP contribution in [0.5, 0.6) is 0 Å². The fourth-order valence-corrected chi connectivity index (χ4v) is 1.91. The van der Waals surface area contributed by atoms with Gasteiger partial charge < -0.3 is 10.4 Å². The molecule has 70 valence electrons. The van der Waals surface area contributed by atoms with Crippen molar-refractivity contribution in [3.63, 3.8) is 0 Å². The summed E-state index contributed by atoms with van der Waals surface area (Å²) in [6.07, 6.45) is 3.22. The Balaban J connectivity index is 1.79. The Morgan fingerprint density at radius 3 is 2.83 bits per heavy atom. The maximum atomic E-state index is 9.70. The second-order valence-electron chi connectivity index (χ2n) is 4.29. The summed E-state index contributed by atoms with van der Waals surface area (Å²) in [6.45, 7) is 3.08. The van der Waals surface area contributed by atoms with Crippen molar-refractivity contribution in [2.24, 2.45) is 0 Å². The molecule has 3 nitrogen and oxygen atoms in total. The smallest absolute Gasteiger partial charge is 0.0776 e. The summed E-state index contributed by atoms with van der Waals surface area (Å²) in [5.74, 6) is 0. The summed E-state index contributed by atoms with van der Waals surface area (Å²) in [5.41, 5.74) is -0.322. The zero-order valence-electron chi connectivity index (χ0n) is 7.71. The third kappa shape index (κ3) is 1.79. The lowest BCUT2D eigenvalue weighted by Gasteiger charge is -2.25. The monoisotopic (exact) mass is 170 g/mol. The van der Waals surface area contributed by atoms with E-state index >= 15 is 0 Å². The van der Waals surface area contributed by atoms with E-state index in [1.165, 1.54) is 6.42 Å². The number of nitrogens with one attached hydrogen (secondary N) is 1. The van der Waals surface area contributed by atoms with Gasteiger partial charge >= 0.3 is 0 Å². The topological polar surface area (TPSA) is 35.5 Å². The van der Waals surface area contributed by atoms with Gasteiger partial charge in [-0.15, -0.1) is 0 Å². The lowest BCUT2D eigenvalue weighted by molar-refractivity contribution is 0.0880. The molecule has 0 aromatic carbocycles. The van der Waals surface area contributed by atoms with Crippen molar-refractivity contribution >= 4 is 0 Å². The molecule has 0 amide bonds. The molecule has 1 saturated carbocycles. The average Bonchev–Trinajstić information content (AvgIpc) is 2.55. The Hall–Kier alpha value is -0.120. The molecule has 1 aliphatic carbocycles. The molecule has 2 rings (SSSR count). The van der Waals surface area contributed by atoms with Crippen molar-refractivity contribution in [1.29, 1.82) is 0 Å². The van der Waals surface area contributed by atoms with Gasteiger partial charge in [-0.25, -0.2) is 0 Å². The zero-order valence-corrected chi connectivity index (χ0v) is 7.71. The summed E-state index contributed by atoms with van der Waals surface area (Å²) in [7, 11) is 2.12. The summed E-state index contributed by atoms with van der Waals surface area (Å²) < 4.78 is 0. The molecule has 2 fully saturated rings. The van der Waals surface area contributed by atoms with Crippen molar-refractivity contribution in [2.45, 2.75) is 30.9 Å². The highest BCUT2D eigenvalue weighted by Crippen LogP contribution is 2.35. The Morgan fingerprint density at radius 1 is 1.58 bits per heavy atom. The van der Waals surface area contributed by atoms with Crippen LogP contribution in [0.15, 0.2) is 0 Å². The van der Waals surface area contributed by atoms with Gasteiger partial charge in [0.15, 0.2) is 0 Å². The third-order valence-corrected chi connectivity index (χ3v) is 3.03. The molecule has 1 heterocycles. The Kier molecular flexibility index (Phi) is 2.10. The van der Waals surface area contributed by atoms with Gasteiger partial charge in [-0.3, -0.25) is 4.90 Å². The first-order valence-electron chi connectivity index (χ1n) is 4.83. The molecule has 0 aromatic heterocycles. The molecule has 1 unspecified atom stereocenters. The summed E-state index contributed by atoms with van der Waals surface area (Å²) in [5, 5.41) is 13.0. The van der Waals surface area contributed by atoms with E-state index in [2.05, 4.69) is 17.3 Å². The molecule has 0 bridgehead atoms. The molecule has 0 radical (unpaired) electrons. The van der Waals surface area contributed by atoms with E-state index < -0.39 is 0 Å². The maximum Gasteiger partial charge on any atom is 0.0776 e. The Morgan fingerprint density at radius 2 is 2.33 bits per heavy atom. The predicted molar refractivity (Wildman–Crippen MR) is 48.1 cm³/mol. The standard InChI is InChI=1S/C9H18N2O/c1-11(7-9(12)3-4-9)8-2-5-10-6-8/h8,10,12H,2-7H2,1H3. The molecule has 3 heteroatoms. The van der Waals surface area contributed by atoms with Gasteiger partial charge in [-0.1, -0.05) is 0 Å². The molecular weight excluding hydrogens is 152 g/mol. The van der Waals surface area contributed by atoms with E-state index in [1.807, 2.05) is 0 Å². The van der Waals surface area contributed by atoms with Gasteiger partial charge in [0.2, 0.25) is 0 Å². The fourth-order valence-electron chi connectivity index (χ4n) is 1.91. The van der Waals surface area contributed by atoms with Crippen molar-refractivity contribution in [3.8, 4) is 0 Å². The van der Waals surface area contributed by atoms with Crippen molar-refractivity contribution in [2.75, 3.05) is 26.7 Å². The second-order valence-corrected chi connectivity index (χ2v) is 4.29. The van der Waals surface area contributed by atoms with Crippen molar-refractivity contribution < 1.29 is 5.11 Å². The highest BCUT2D eigenvalue weighted by Gasteiger charge is 2.42. The van der Waals surface area contributed by atoms with Crippen LogP contribution in [0.1, 0.15) is 19.3 Å². The first-order chi connectivity index (χ1) is 5.70. The molecule has 0 aromatic rings. The molecule has 1 atom stereocenters. The number of hydrogen-bond acceptors (Lipinski definition) is 3. The van der Waals surface area contributed by atoms with Crippen LogP contribution in [-0.4, -0.2) is 48.3 Å². The lowest BCUT2D eigenvalue weighted by atomic mass is 10.2. The fraction of sp³-hybridized carbons (Fsp3) is 1.00. The van der Waals surface area contributed by atoms with E-state index in [0.29, 0.717) is 6.04 Å². The highest BCUT2D eigenvalue weighted by atomic mass is 16.3. The molecule has 1 aliphatic heterocycles. The van der Waals surface area contributed by atoms with E-state index in [9.17, 15) is 5.11 Å². The van der Waals surface area contributed by atoms with E-state index in [-0.39, 0.29) is 5.60 Å². The average molecular weight is 170 g/mol. The van der Waals surface area contributed by atoms with Crippen LogP contribution in [-0.2, 0) is 0 Å². The van der Waals surface area contributed by atoms with Gasteiger partial charge in [0.25, 0.3) is 0 Å². The Bertz CT molecular complexity index is 162. The molecular formula is C9H18N2O. The SMILES string of the molecule is CN(CC1(O)CC1)C1CCNC1. The van der Waals surface area contributed by atoms with Crippen LogP contribution in [0.25, 0.3) is 0 Å². The summed E-state index contributed by atoms with van der Waals surface area (Å²) in [4.78, 5) is 2.30. The highest BCUT2D eigenvalue weighted by molar-refractivity contribution is 4.97. The minimum absolute atomic E-state index is 0.322. The predicted octanol–water partition coefficient (Wildman–Crippen LogP) is -0.195.